The van der Waals surface area contributed by atoms with Gasteiger partial charge in [0.2, 0.25) is 15.9 Å². The molecule has 1 atom stereocenters. The van der Waals surface area contributed by atoms with Crippen LogP contribution in [0.15, 0.2) is 87.5 Å². The van der Waals surface area contributed by atoms with Crippen LogP contribution < -0.4 is 10.1 Å². The molecule has 3 aromatic carbocycles. The highest BCUT2D eigenvalue weighted by Gasteiger charge is 2.35. The molecular formula is C25H25FN2O4S2. The number of methoxy groups -OCH3 is 1. The van der Waals surface area contributed by atoms with Crippen LogP contribution in [0.25, 0.3) is 0 Å². The maximum atomic E-state index is 13.8. The Labute approximate surface area is 203 Å². The van der Waals surface area contributed by atoms with Crippen molar-refractivity contribution >= 4 is 33.4 Å². The van der Waals surface area contributed by atoms with Crippen molar-refractivity contribution in [2.75, 3.05) is 25.5 Å². The summed E-state index contributed by atoms with van der Waals surface area (Å²) in [5.41, 5.74) is 0.674. The van der Waals surface area contributed by atoms with Gasteiger partial charge in [0.1, 0.15) is 16.5 Å². The fourth-order valence-electron chi connectivity index (χ4n) is 3.88. The van der Waals surface area contributed by atoms with E-state index in [1.165, 1.54) is 29.2 Å². The van der Waals surface area contributed by atoms with Gasteiger partial charge < -0.3 is 10.1 Å². The van der Waals surface area contributed by atoms with Crippen molar-refractivity contribution in [1.82, 2.24) is 4.31 Å². The number of piperidine rings is 1. The molecule has 0 saturated carbocycles. The van der Waals surface area contributed by atoms with Gasteiger partial charge in [0.15, 0.2) is 0 Å². The number of benzene rings is 3. The molecule has 1 saturated heterocycles. The summed E-state index contributed by atoms with van der Waals surface area (Å²) in [7, 11) is -2.69. The second-order valence-electron chi connectivity index (χ2n) is 7.90. The SMILES string of the molecule is COc1ccc(F)cc1S(=O)(=O)N1CCC[C@@H](C(=O)Nc2ccccc2Sc2ccccc2)C1. The van der Waals surface area contributed by atoms with Crippen LogP contribution >= 0.6 is 11.8 Å². The highest BCUT2D eigenvalue weighted by Crippen LogP contribution is 2.34. The normalized spacial score (nSPS) is 16.7. The van der Waals surface area contributed by atoms with E-state index in [4.69, 9.17) is 4.74 Å². The summed E-state index contributed by atoms with van der Waals surface area (Å²) in [4.78, 5) is 14.8. The average Bonchev–Trinajstić information content (AvgIpc) is 2.86. The summed E-state index contributed by atoms with van der Waals surface area (Å²) < 4.78 is 46.7. The van der Waals surface area contributed by atoms with Crippen LogP contribution in [-0.4, -0.2) is 38.8 Å². The summed E-state index contributed by atoms with van der Waals surface area (Å²) in [5, 5.41) is 2.98. The van der Waals surface area contributed by atoms with E-state index >= 15 is 0 Å². The number of hydrogen-bond acceptors (Lipinski definition) is 5. The number of para-hydroxylation sites is 1. The first-order valence-corrected chi connectivity index (χ1v) is 13.1. The van der Waals surface area contributed by atoms with Crippen LogP contribution in [0.3, 0.4) is 0 Å². The number of sulfonamides is 1. The summed E-state index contributed by atoms with van der Waals surface area (Å²) in [6.07, 6.45) is 1.08. The molecule has 0 radical (unpaired) electrons. The Morgan fingerprint density at radius 1 is 1.09 bits per heavy atom. The van der Waals surface area contributed by atoms with Crippen LogP contribution in [0.1, 0.15) is 12.8 Å². The van der Waals surface area contributed by atoms with Crippen LogP contribution in [0, 0.1) is 11.7 Å². The number of carbonyl (C=O) groups is 1. The molecule has 0 aromatic heterocycles. The highest BCUT2D eigenvalue weighted by molar-refractivity contribution is 7.99. The van der Waals surface area contributed by atoms with Crippen molar-refractivity contribution in [2.45, 2.75) is 27.5 Å². The van der Waals surface area contributed by atoms with Crippen molar-refractivity contribution in [3.63, 3.8) is 0 Å². The molecule has 0 spiro atoms. The number of anilines is 1. The van der Waals surface area contributed by atoms with Crippen molar-refractivity contribution in [2.24, 2.45) is 5.92 Å². The number of nitrogens with zero attached hydrogens (tertiary/aromatic N) is 1. The molecule has 1 aliphatic heterocycles. The lowest BCUT2D eigenvalue weighted by atomic mass is 9.99. The minimum absolute atomic E-state index is 0.0157. The number of carbonyl (C=O) groups excluding carboxylic acids is 1. The van der Waals surface area contributed by atoms with E-state index in [1.807, 2.05) is 54.6 Å². The topological polar surface area (TPSA) is 75.7 Å². The third-order valence-electron chi connectivity index (χ3n) is 5.61. The lowest BCUT2D eigenvalue weighted by Gasteiger charge is -2.31. The Kier molecular flexibility index (Phi) is 7.55. The molecule has 1 N–H and O–H groups in total. The molecule has 1 fully saturated rings. The number of hydrogen-bond donors (Lipinski definition) is 1. The smallest absolute Gasteiger partial charge is 0.246 e. The molecule has 178 valence electrons. The first-order valence-electron chi connectivity index (χ1n) is 10.8. The summed E-state index contributed by atoms with van der Waals surface area (Å²) >= 11 is 1.54. The summed E-state index contributed by atoms with van der Waals surface area (Å²) in [6.45, 7) is 0.272. The van der Waals surface area contributed by atoms with Gasteiger partial charge in [-0.2, -0.15) is 4.31 Å². The lowest BCUT2D eigenvalue weighted by molar-refractivity contribution is -0.120. The van der Waals surface area contributed by atoms with Crippen LogP contribution in [0.5, 0.6) is 5.75 Å². The third-order valence-corrected chi connectivity index (χ3v) is 8.58. The fourth-order valence-corrected chi connectivity index (χ4v) is 6.49. The maximum Gasteiger partial charge on any atom is 0.246 e. The second-order valence-corrected chi connectivity index (χ2v) is 10.9. The molecule has 34 heavy (non-hydrogen) atoms. The number of halogens is 1. The first kappa shape index (κ1) is 24.3. The van der Waals surface area contributed by atoms with E-state index in [9.17, 15) is 17.6 Å². The quantitative estimate of drug-likeness (QED) is 0.493. The largest absolute Gasteiger partial charge is 0.495 e. The van der Waals surface area contributed by atoms with Gasteiger partial charge in [0.25, 0.3) is 0 Å². The standard InChI is InChI=1S/C25H25FN2O4S2/c1-32-22-14-13-19(26)16-24(22)34(30,31)28-15-7-8-18(17-28)25(29)27-21-11-5-6-12-23(21)33-20-9-3-2-4-10-20/h2-6,9-14,16,18H,7-8,15,17H2,1H3,(H,27,29)/t18-/m1/s1. The Balaban J connectivity index is 1.50. The summed E-state index contributed by atoms with van der Waals surface area (Å²) in [6, 6.07) is 20.7. The molecule has 9 heteroatoms. The Morgan fingerprint density at radius 2 is 1.82 bits per heavy atom. The predicted octanol–water partition coefficient (Wildman–Crippen LogP) is 5.02. The summed E-state index contributed by atoms with van der Waals surface area (Å²) in [5.74, 6) is -1.37. The molecule has 6 nitrogen and oxygen atoms in total. The molecular weight excluding hydrogens is 475 g/mol. The molecule has 1 aliphatic rings. The van der Waals surface area contributed by atoms with Crippen molar-refractivity contribution in [3.05, 3.63) is 78.6 Å². The number of nitrogens with one attached hydrogen (secondary N) is 1. The molecule has 0 bridgehead atoms. The minimum Gasteiger partial charge on any atom is -0.495 e. The van der Waals surface area contributed by atoms with Gasteiger partial charge in [-0.25, -0.2) is 12.8 Å². The van der Waals surface area contributed by atoms with Gasteiger partial charge in [-0.15, -0.1) is 0 Å². The molecule has 0 aliphatic carbocycles. The molecule has 1 amide bonds. The average molecular weight is 501 g/mol. The van der Waals surface area contributed by atoms with Crippen molar-refractivity contribution in [1.29, 1.82) is 0 Å². The van der Waals surface area contributed by atoms with E-state index in [2.05, 4.69) is 5.32 Å². The zero-order chi connectivity index (χ0) is 24.1. The monoisotopic (exact) mass is 500 g/mol. The van der Waals surface area contributed by atoms with Crippen LogP contribution in [-0.2, 0) is 14.8 Å². The lowest BCUT2D eigenvalue weighted by Crippen LogP contribution is -2.43. The fraction of sp³-hybridized carbons (Fsp3) is 0.240. The van der Waals surface area contributed by atoms with E-state index in [0.717, 1.165) is 21.9 Å². The molecule has 4 rings (SSSR count). The van der Waals surface area contributed by atoms with E-state index in [-0.39, 0.29) is 29.6 Å². The van der Waals surface area contributed by atoms with Crippen LogP contribution in [0.2, 0.25) is 0 Å². The van der Waals surface area contributed by atoms with Crippen molar-refractivity contribution < 1.29 is 22.3 Å². The van der Waals surface area contributed by atoms with Gasteiger partial charge in [-0.1, -0.05) is 42.1 Å². The molecule has 0 unspecified atom stereocenters. The zero-order valence-corrected chi connectivity index (χ0v) is 20.2. The van der Waals surface area contributed by atoms with Crippen LogP contribution in [0.4, 0.5) is 10.1 Å². The number of amides is 1. The van der Waals surface area contributed by atoms with E-state index in [1.54, 1.807) is 0 Å². The Bertz CT molecular complexity index is 1270. The van der Waals surface area contributed by atoms with Gasteiger partial charge in [-0.3, -0.25) is 4.79 Å². The first-order chi connectivity index (χ1) is 16.4. The van der Waals surface area contributed by atoms with Gasteiger partial charge in [-0.05, 0) is 55.3 Å². The third kappa shape index (κ3) is 5.43. The number of rotatable bonds is 7. The van der Waals surface area contributed by atoms with Gasteiger partial charge in [0, 0.05) is 22.9 Å². The second kappa shape index (κ2) is 10.6. The minimum atomic E-state index is -4.03. The van der Waals surface area contributed by atoms with Gasteiger partial charge in [0.05, 0.1) is 18.7 Å². The number of ether oxygens (including phenoxy) is 1. The van der Waals surface area contributed by atoms with Gasteiger partial charge >= 0.3 is 0 Å². The molecule has 1 heterocycles. The Hall–Kier alpha value is -2.88. The zero-order valence-electron chi connectivity index (χ0n) is 18.6. The van der Waals surface area contributed by atoms with Crippen molar-refractivity contribution in [3.8, 4) is 5.75 Å². The Morgan fingerprint density at radius 3 is 2.59 bits per heavy atom. The maximum absolute atomic E-state index is 13.8. The van der Waals surface area contributed by atoms with E-state index in [0.29, 0.717) is 18.5 Å². The highest BCUT2D eigenvalue weighted by atomic mass is 32.2. The predicted molar refractivity (Wildman–Crippen MR) is 130 cm³/mol. The van der Waals surface area contributed by atoms with E-state index < -0.39 is 21.8 Å². The molecule has 3 aromatic rings.